The maximum absolute atomic E-state index is 13.4. The van der Waals surface area contributed by atoms with Crippen LogP contribution in [0, 0.1) is 6.92 Å². The van der Waals surface area contributed by atoms with Gasteiger partial charge in [0.2, 0.25) is 0 Å². The number of rotatable bonds is 12. The summed E-state index contributed by atoms with van der Waals surface area (Å²) in [6.07, 6.45) is 18.6. The molecule has 0 aliphatic heterocycles. The fourth-order valence-corrected chi connectivity index (χ4v) is 4.83. The Kier molecular flexibility index (Phi) is 14.5. The topological polar surface area (TPSA) is 83.9 Å². The first-order valence-corrected chi connectivity index (χ1v) is 14.3. The van der Waals surface area contributed by atoms with E-state index < -0.39 is 5.97 Å². The number of allylic oxidation sites excluding steroid dienone is 8. The Morgan fingerprint density at radius 3 is 2.52 bits per heavy atom. The number of nitrogens with zero attached hydrogens (tertiary/aromatic N) is 3. The monoisotopic (exact) mass is 568 g/mol. The molecule has 1 aromatic carbocycles. The predicted octanol–water partition coefficient (Wildman–Crippen LogP) is 7.15. The van der Waals surface area contributed by atoms with Crippen LogP contribution >= 0.6 is 0 Å². The second-order valence-electron chi connectivity index (χ2n) is 9.48. The Balaban J connectivity index is 0.00000301. The molecular formula is C35H44N4O3. The van der Waals surface area contributed by atoms with Crippen molar-refractivity contribution in [3.05, 3.63) is 108 Å². The van der Waals surface area contributed by atoms with Gasteiger partial charge in [0, 0.05) is 31.9 Å². The Bertz CT molecular complexity index is 1350. The van der Waals surface area contributed by atoms with Crippen molar-refractivity contribution in [2.24, 2.45) is 4.99 Å². The molecule has 0 saturated carbocycles. The molecule has 0 bridgehead atoms. The lowest BCUT2D eigenvalue weighted by molar-refractivity contribution is -0.0980. The summed E-state index contributed by atoms with van der Waals surface area (Å²) in [7, 11) is 3.73. The van der Waals surface area contributed by atoms with Crippen molar-refractivity contribution in [1.29, 1.82) is 0 Å². The summed E-state index contributed by atoms with van der Waals surface area (Å²) >= 11 is 0. The maximum Gasteiger partial charge on any atom is 0.340 e. The summed E-state index contributed by atoms with van der Waals surface area (Å²) in [5.41, 5.74) is 5.70. The van der Waals surface area contributed by atoms with E-state index in [1.165, 1.54) is 5.57 Å². The summed E-state index contributed by atoms with van der Waals surface area (Å²) in [6, 6.07) is 9.92. The van der Waals surface area contributed by atoms with Crippen LogP contribution in [-0.2, 0) is 9.53 Å². The lowest BCUT2D eigenvalue weighted by Gasteiger charge is -2.27. The number of anilines is 1. The van der Waals surface area contributed by atoms with Gasteiger partial charge in [-0.05, 0) is 64.2 Å². The molecule has 0 spiro atoms. The molecule has 1 heterocycles. The van der Waals surface area contributed by atoms with Gasteiger partial charge >= 0.3 is 5.97 Å². The van der Waals surface area contributed by atoms with Crippen LogP contribution in [0.5, 0.6) is 0 Å². The fraction of sp³-hybridized carbons (Fsp3) is 0.314. The van der Waals surface area contributed by atoms with Gasteiger partial charge in [0.15, 0.2) is 0 Å². The second kappa shape index (κ2) is 18.0. The van der Waals surface area contributed by atoms with E-state index in [4.69, 9.17) is 19.5 Å². The quantitative estimate of drug-likeness (QED) is 0.0962. The number of amidine groups is 1. The minimum absolute atomic E-state index is 0.272. The normalized spacial score (nSPS) is 13.2. The van der Waals surface area contributed by atoms with Crippen LogP contribution in [0.2, 0.25) is 0 Å². The Hall–Kier alpha value is -4.52. The molecule has 7 heteroatoms. The van der Waals surface area contributed by atoms with Gasteiger partial charge in [-0.15, -0.1) is 0 Å². The highest BCUT2D eigenvalue weighted by molar-refractivity contribution is 6.13. The third-order valence-electron chi connectivity index (χ3n) is 6.70. The SMILES string of the molecule is C=C/C=C(\C=C/C)N(C)c1nc(C)c(C(=O)OCC)c(-c2ccccc2)c1C(=NC)NCCCC1=CCCC=C1.C=O. The molecular weight excluding hydrogens is 524 g/mol. The average Bonchev–Trinajstić information content (AvgIpc) is 3.02. The van der Waals surface area contributed by atoms with Gasteiger partial charge in [-0.25, -0.2) is 9.78 Å². The minimum atomic E-state index is -0.399. The van der Waals surface area contributed by atoms with Gasteiger partial charge in [0.1, 0.15) is 18.4 Å². The van der Waals surface area contributed by atoms with E-state index >= 15 is 0 Å². The van der Waals surface area contributed by atoms with Crippen LogP contribution < -0.4 is 10.2 Å². The number of likely N-dealkylation sites (N-methyl/N-ethyl adjacent to an activating group) is 1. The van der Waals surface area contributed by atoms with Crippen molar-refractivity contribution >= 4 is 24.4 Å². The Labute approximate surface area is 251 Å². The molecule has 7 nitrogen and oxygen atoms in total. The van der Waals surface area contributed by atoms with Gasteiger partial charge in [-0.1, -0.05) is 72.9 Å². The third kappa shape index (κ3) is 8.74. The zero-order chi connectivity index (χ0) is 30.9. The van der Waals surface area contributed by atoms with Gasteiger partial charge < -0.3 is 19.7 Å². The largest absolute Gasteiger partial charge is 0.462 e. The summed E-state index contributed by atoms with van der Waals surface area (Å²) in [6.45, 7) is 12.5. The van der Waals surface area contributed by atoms with Gasteiger partial charge in [0.05, 0.1) is 23.4 Å². The molecule has 2 aromatic rings. The number of nitrogens with one attached hydrogen (secondary N) is 1. The molecule has 1 N–H and O–H groups in total. The number of esters is 1. The van der Waals surface area contributed by atoms with Gasteiger partial charge in [0.25, 0.3) is 0 Å². The third-order valence-corrected chi connectivity index (χ3v) is 6.70. The fourth-order valence-electron chi connectivity index (χ4n) is 4.83. The Morgan fingerprint density at radius 1 is 1.19 bits per heavy atom. The van der Waals surface area contributed by atoms with Crippen LogP contribution in [0.4, 0.5) is 5.82 Å². The van der Waals surface area contributed by atoms with Crippen LogP contribution in [-0.4, -0.2) is 50.8 Å². The number of carbonyl (C=O) groups excluding carboxylic acids is 2. The number of ether oxygens (including phenoxy) is 1. The van der Waals surface area contributed by atoms with Crippen LogP contribution in [0.15, 0.2) is 95.7 Å². The van der Waals surface area contributed by atoms with E-state index in [2.05, 4.69) is 30.1 Å². The second-order valence-corrected chi connectivity index (χ2v) is 9.48. The molecule has 0 atom stereocenters. The molecule has 0 fully saturated rings. The molecule has 0 amide bonds. The summed E-state index contributed by atoms with van der Waals surface area (Å²) < 4.78 is 5.53. The first-order chi connectivity index (χ1) is 20.5. The van der Waals surface area contributed by atoms with E-state index in [-0.39, 0.29) is 6.61 Å². The standard InChI is InChI=1S/C34H42N4O2.CH2O/c1-7-17-28(18-8-2)38(6)33-31(32(35-5)36-24-16-21-26-19-12-10-13-20-26)30(27-22-14-11-15-23-27)29(25(4)37-33)34(39)40-9-3;1-2/h7-8,11-12,14-15,17-20,22-23H,1,9-10,13,16,21,24H2,2-6H3,(H,35,36);1H2/b18-8-,28-17+;. The molecule has 1 aromatic heterocycles. The van der Waals surface area contributed by atoms with E-state index in [1.54, 1.807) is 13.1 Å². The van der Waals surface area contributed by atoms with Crippen molar-refractivity contribution in [1.82, 2.24) is 10.3 Å². The number of benzene rings is 1. The van der Waals surface area contributed by atoms with E-state index in [0.29, 0.717) is 22.9 Å². The van der Waals surface area contributed by atoms with E-state index in [1.807, 2.05) is 88.1 Å². The van der Waals surface area contributed by atoms with Crippen LogP contribution in [0.1, 0.15) is 61.1 Å². The van der Waals surface area contributed by atoms with E-state index in [0.717, 1.165) is 54.6 Å². The van der Waals surface area contributed by atoms with Crippen molar-refractivity contribution in [2.75, 3.05) is 32.1 Å². The van der Waals surface area contributed by atoms with Crippen LogP contribution in [0.3, 0.4) is 0 Å². The molecule has 3 rings (SSSR count). The van der Waals surface area contributed by atoms with Crippen molar-refractivity contribution in [3.8, 4) is 11.1 Å². The molecule has 1 aliphatic carbocycles. The average molecular weight is 569 g/mol. The number of aromatic nitrogens is 1. The number of hydrogen-bond donors (Lipinski definition) is 1. The highest BCUT2D eigenvalue weighted by atomic mass is 16.5. The first-order valence-electron chi connectivity index (χ1n) is 14.3. The molecule has 222 valence electrons. The van der Waals surface area contributed by atoms with Gasteiger partial charge in [-0.3, -0.25) is 4.99 Å². The van der Waals surface area contributed by atoms with Gasteiger partial charge in [-0.2, -0.15) is 0 Å². The van der Waals surface area contributed by atoms with Crippen molar-refractivity contribution in [2.45, 2.75) is 46.5 Å². The highest BCUT2D eigenvalue weighted by Gasteiger charge is 2.29. The lowest BCUT2D eigenvalue weighted by Crippen LogP contribution is -2.31. The predicted molar refractivity (Wildman–Crippen MR) is 175 cm³/mol. The Morgan fingerprint density at radius 2 is 1.93 bits per heavy atom. The van der Waals surface area contributed by atoms with E-state index in [9.17, 15) is 4.79 Å². The van der Waals surface area contributed by atoms with Crippen molar-refractivity contribution in [3.63, 3.8) is 0 Å². The molecule has 42 heavy (non-hydrogen) atoms. The summed E-state index contributed by atoms with van der Waals surface area (Å²) in [4.78, 5) is 33.1. The smallest absolute Gasteiger partial charge is 0.340 e. The minimum Gasteiger partial charge on any atom is -0.462 e. The number of pyridine rings is 1. The summed E-state index contributed by atoms with van der Waals surface area (Å²) in [5, 5.41) is 3.57. The number of carbonyl (C=O) groups is 2. The van der Waals surface area contributed by atoms with Crippen LogP contribution in [0.25, 0.3) is 11.1 Å². The number of hydrogen-bond acceptors (Lipinski definition) is 6. The number of aryl methyl sites for hydroxylation is 1. The maximum atomic E-state index is 13.4. The molecule has 1 aliphatic rings. The summed E-state index contributed by atoms with van der Waals surface area (Å²) in [5.74, 6) is 0.954. The zero-order valence-corrected chi connectivity index (χ0v) is 25.7. The van der Waals surface area contributed by atoms with Crippen molar-refractivity contribution < 1.29 is 14.3 Å². The lowest BCUT2D eigenvalue weighted by atomic mass is 9.92. The zero-order valence-electron chi connectivity index (χ0n) is 25.7. The highest BCUT2D eigenvalue weighted by Crippen LogP contribution is 2.36. The molecule has 0 saturated heterocycles. The molecule has 0 radical (unpaired) electrons. The first kappa shape index (κ1) is 33.7. The number of aliphatic imine (C=N–C) groups is 1. The molecule has 0 unspecified atom stereocenters.